The molecule has 0 aromatic heterocycles. The van der Waals surface area contributed by atoms with Crippen LogP contribution < -0.4 is 5.32 Å². The maximum atomic E-state index is 5.49. The normalized spacial score (nSPS) is 25.4. The van der Waals surface area contributed by atoms with Gasteiger partial charge in [-0.05, 0) is 31.1 Å². The first-order chi connectivity index (χ1) is 9.34. The highest BCUT2D eigenvalue weighted by Gasteiger charge is 2.35. The number of rotatable bonds is 7. The van der Waals surface area contributed by atoms with Crippen LogP contribution in [0.2, 0.25) is 0 Å². The summed E-state index contributed by atoms with van der Waals surface area (Å²) in [5, 5.41) is 3.77. The van der Waals surface area contributed by atoms with Gasteiger partial charge in [-0.1, -0.05) is 34.6 Å². The first-order valence-corrected chi connectivity index (χ1v) is 8.39. The summed E-state index contributed by atoms with van der Waals surface area (Å²) >= 11 is 0. The van der Waals surface area contributed by atoms with Gasteiger partial charge in [0.2, 0.25) is 0 Å². The number of nitrogens with one attached hydrogen (secondary N) is 1. The molecule has 1 N–H and O–H groups in total. The highest BCUT2D eigenvalue weighted by atomic mass is 16.5. The lowest BCUT2D eigenvalue weighted by molar-refractivity contribution is 0.0413. The van der Waals surface area contributed by atoms with Crippen LogP contribution in [0.25, 0.3) is 0 Å². The molecule has 1 rings (SSSR count). The van der Waals surface area contributed by atoms with Crippen molar-refractivity contribution >= 4 is 0 Å². The lowest BCUT2D eigenvalue weighted by Crippen LogP contribution is -2.60. The van der Waals surface area contributed by atoms with Gasteiger partial charge in [0, 0.05) is 44.9 Å². The fourth-order valence-corrected chi connectivity index (χ4v) is 3.22. The van der Waals surface area contributed by atoms with Crippen molar-refractivity contribution < 1.29 is 4.74 Å². The molecule has 1 aliphatic rings. The first-order valence-electron chi connectivity index (χ1n) is 8.39. The summed E-state index contributed by atoms with van der Waals surface area (Å²) in [4.78, 5) is 2.70. The Bertz CT molecular complexity index is 260. The number of hydrogen-bond donors (Lipinski definition) is 1. The molecule has 0 bridgehead atoms. The monoisotopic (exact) mass is 284 g/mol. The SMILES string of the molecule is CCOCCCN1CC(CC(C)C)NCC1C(C)(C)C. The standard InChI is InChI=1S/C17H36N2O/c1-7-20-10-8-9-19-13-15(11-14(2)3)18-12-16(19)17(4,5)6/h14-16,18H,7-13H2,1-6H3. The van der Waals surface area contributed by atoms with Crippen molar-refractivity contribution in [2.45, 2.75) is 66.5 Å². The zero-order valence-corrected chi connectivity index (χ0v) is 14.5. The van der Waals surface area contributed by atoms with Gasteiger partial charge >= 0.3 is 0 Å². The molecule has 0 aromatic carbocycles. The summed E-state index contributed by atoms with van der Waals surface area (Å²) in [6, 6.07) is 1.29. The molecular formula is C17H36N2O. The summed E-state index contributed by atoms with van der Waals surface area (Å²) in [6.07, 6.45) is 2.42. The van der Waals surface area contributed by atoms with Gasteiger partial charge in [-0.2, -0.15) is 0 Å². The highest BCUT2D eigenvalue weighted by molar-refractivity contribution is 4.92. The Kier molecular flexibility index (Phi) is 7.49. The third kappa shape index (κ3) is 6.11. The van der Waals surface area contributed by atoms with Crippen molar-refractivity contribution in [3.05, 3.63) is 0 Å². The van der Waals surface area contributed by atoms with Crippen LogP contribution in [0.4, 0.5) is 0 Å². The van der Waals surface area contributed by atoms with Crippen molar-refractivity contribution in [1.29, 1.82) is 0 Å². The minimum Gasteiger partial charge on any atom is -0.382 e. The van der Waals surface area contributed by atoms with Crippen LogP contribution in [0.1, 0.15) is 54.4 Å². The van der Waals surface area contributed by atoms with Gasteiger partial charge in [0.1, 0.15) is 0 Å². The van der Waals surface area contributed by atoms with Crippen molar-refractivity contribution in [3.63, 3.8) is 0 Å². The number of piperazine rings is 1. The lowest BCUT2D eigenvalue weighted by Gasteiger charge is -2.47. The van der Waals surface area contributed by atoms with Gasteiger partial charge in [-0.3, -0.25) is 4.90 Å². The average Bonchev–Trinajstić information content (AvgIpc) is 2.32. The van der Waals surface area contributed by atoms with E-state index in [1.54, 1.807) is 0 Å². The van der Waals surface area contributed by atoms with E-state index in [-0.39, 0.29) is 0 Å². The molecular weight excluding hydrogens is 248 g/mol. The Labute approximate surface area is 126 Å². The molecule has 120 valence electrons. The third-order valence-electron chi connectivity index (χ3n) is 4.19. The molecule has 1 saturated heterocycles. The van der Waals surface area contributed by atoms with E-state index >= 15 is 0 Å². The van der Waals surface area contributed by atoms with Gasteiger partial charge in [0.05, 0.1) is 0 Å². The summed E-state index contributed by atoms with van der Waals surface area (Å²) in [7, 11) is 0. The van der Waals surface area contributed by atoms with Gasteiger partial charge in [0.25, 0.3) is 0 Å². The van der Waals surface area contributed by atoms with Crippen molar-refractivity contribution in [1.82, 2.24) is 10.2 Å². The summed E-state index contributed by atoms with van der Waals surface area (Å²) in [5.41, 5.74) is 0.335. The van der Waals surface area contributed by atoms with E-state index in [0.29, 0.717) is 17.5 Å². The molecule has 2 unspecified atom stereocenters. The Morgan fingerprint density at radius 2 is 2.00 bits per heavy atom. The molecule has 0 spiro atoms. The van der Waals surface area contributed by atoms with Crippen LogP contribution in [0.3, 0.4) is 0 Å². The Balaban J connectivity index is 2.54. The zero-order chi connectivity index (χ0) is 15.2. The van der Waals surface area contributed by atoms with E-state index in [4.69, 9.17) is 4.74 Å². The molecule has 0 amide bonds. The minimum atomic E-state index is 0.335. The fourth-order valence-electron chi connectivity index (χ4n) is 3.22. The predicted octanol–water partition coefficient (Wildman–Crippen LogP) is 3.15. The minimum absolute atomic E-state index is 0.335. The lowest BCUT2D eigenvalue weighted by atomic mass is 9.83. The second-order valence-corrected chi connectivity index (χ2v) is 7.66. The van der Waals surface area contributed by atoms with Crippen LogP contribution in [0.5, 0.6) is 0 Å². The van der Waals surface area contributed by atoms with E-state index in [2.05, 4.69) is 51.8 Å². The van der Waals surface area contributed by atoms with Crippen molar-refractivity contribution in [2.75, 3.05) is 32.8 Å². The van der Waals surface area contributed by atoms with E-state index < -0.39 is 0 Å². The van der Waals surface area contributed by atoms with Crippen molar-refractivity contribution in [3.8, 4) is 0 Å². The van der Waals surface area contributed by atoms with Crippen LogP contribution in [0, 0.1) is 11.3 Å². The van der Waals surface area contributed by atoms with E-state index in [1.807, 2.05) is 0 Å². The number of hydrogen-bond acceptors (Lipinski definition) is 3. The van der Waals surface area contributed by atoms with Crippen molar-refractivity contribution in [2.24, 2.45) is 11.3 Å². The maximum absolute atomic E-state index is 5.49. The Morgan fingerprint density at radius 3 is 2.55 bits per heavy atom. The van der Waals surface area contributed by atoms with Gasteiger partial charge in [-0.15, -0.1) is 0 Å². The first kappa shape index (κ1) is 17.9. The average molecular weight is 284 g/mol. The second kappa shape index (κ2) is 8.35. The molecule has 0 aliphatic carbocycles. The molecule has 20 heavy (non-hydrogen) atoms. The zero-order valence-electron chi connectivity index (χ0n) is 14.5. The quantitative estimate of drug-likeness (QED) is 0.727. The molecule has 1 heterocycles. The number of ether oxygens (including phenoxy) is 1. The molecule has 0 saturated carbocycles. The Hall–Kier alpha value is -0.120. The van der Waals surface area contributed by atoms with Gasteiger partial charge < -0.3 is 10.1 Å². The topological polar surface area (TPSA) is 24.5 Å². The number of nitrogens with zero attached hydrogens (tertiary/aromatic N) is 1. The van der Waals surface area contributed by atoms with Crippen LogP contribution in [0.15, 0.2) is 0 Å². The van der Waals surface area contributed by atoms with E-state index in [0.717, 1.165) is 38.6 Å². The summed E-state index contributed by atoms with van der Waals surface area (Å²) < 4.78 is 5.49. The molecule has 3 heteroatoms. The third-order valence-corrected chi connectivity index (χ3v) is 4.19. The molecule has 2 atom stereocenters. The smallest absolute Gasteiger partial charge is 0.0478 e. The molecule has 3 nitrogen and oxygen atoms in total. The summed E-state index contributed by atoms with van der Waals surface area (Å²) in [5.74, 6) is 0.768. The molecule has 0 radical (unpaired) electrons. The maximum Gasteiger partial charge on any atom is 0.0478 e. The Morgan fingerprint density at radius 1 is 1.30 bits per heavy atom. The fraction of sp³-hybridized carbons (Fsp3) is 1.00. The van der Waals surface area contributed by atoms with Gasteiger partial charge in [-0.25, -0.2) is 0 Å². The van der Waals surface area contributed by atoms with E-state index in [9.17, 15) is 0 Å². The molecule has 1 fully saturated rings. The van der Waals surface area contributed by atoms with Crippen LogP contribution in [-0.2, 0) is 4.74 Å². The largest absolute Gasteiger partial charge is 0.382 e. The van der Waals surface area contributed by atoms with E-state index in [1.165, 1.54) is 13.0 Å². The van der Waals surface area contributed by atoms with Crippen LogP contribution in [-0.4, -0.2) is 49.8 Å². The molecule has 1 aliphatic heterocycles. The van der Waals surface area contributed by atoms with Crippen LogP contribution >= 0.6 is 0 Å². The summed E-state index contributed by atoms with van der Waals surface area (Å²) in [6.45, 7) is 19.0. The van der Waals surface area contributed by atoms with Gasteiger partial charge in [0.15, 0.2) is 0 Å². The predicted molar refractivity (Wildman–Crippen MR) is 87.2 cm³/mol. The molecule has 0 aromatic rings. The highest BCUT2D eigenvalue weighted by Crippen LogP contribution is 2.27. The second-order valence-electron chi connectivity index (χ2n) is 7.66.